The Bertz CT molecular complexity index is 1320. The number of hydrogen-bond donors (Lipinski definition) is 0. The van der Waals surface area contributed by atoms with Crippen molar-refractivity contribution in [2.24, 2.45) is 4.99 Å². The van der Waals surface area contributed by atoms with Crippen molar-refractivity contribution < 1.29 is 9.47 Å². The van der Waals surface area contributed by atoms with E-state index in [2.05, 4.69) is 19.9 Å². The van der Waals surface area contributed by atoms with Crippen molar-refractivity contribution in [3.8, 4) is 17.1 Å². The Kier molecular flexibility index (Phi) is 4.07. The van der Waals surface area contributed by atoms with Crippen molar-refractivity contribution in [1.82, 2.24) is 24.5 Å². The summed E-state index contributed by atoms with van der Waals surface area (Å²) in [5, 5.41) is 9.10. The van der Waals surface area contributed by atoms with E-state index in [9.17, 15) is 0 Å². The molecule has 8 nitrogen and oxygen atoms in total. The quantitative estimate of drug-likeness (QED) is 0.435. The van der Waals surface area contributed by atoms with Crippen LogP contribution >= 0.6 is 11.6 Å². The molecule has 31 heavy (non-hydrogen) atoms. The van der Waals surface area contributed by atoms with E-state index >= 15 is 0 Å². The van der Waals surface area contributed by atoms with Gasteiger partial charge in [-0.25, -0.2) is 14.7 Å². The third-order valence-corrected chi connectivity index (χ3v) is 5.87. The fourth-order valence-electron chi connectivity index (χ4n) is 4.04. The molecule has 4 aromatic rings. The second kappa shape index (κ2) is 6.95. The second-order valence-corrected chi connectivity index (χ2v) is 7.83. The van der Waals surface area contributed by atoms with Crippen LogP contribution in [0.4, 0.5) is 0 Å². The van der Waals surface area contributed by atoms with Gasteiger partial charge < -0.3 is 9.47 Å². The van der Waals surface area contributed by atoms with E-state index in [0.717, 1.165) is 39.8 Å². The molecule has 1 atom stereocenters. The standard InChI is InChI=1S/C22H17ClN6O2/c1-30-16-6-7-18-19(9-16)29-15(10-25-27-29)8-20-21(24-12-28(18)20)22-26-17(11-31-22)13-2-4-14(23)5-3-13/h2-7,9-10,12,17H,8,11H2,1H3/t17-/m1/s1. The number of benzene rings is 2. The summed E-state index contributed by atoms with van der Waals surface area (Å²) in [7, 11) is 1.65. The van der Waals surface area contributed by atoms with Crippen molar-refractivity contribution in [2.45, 2.75) is 12.5 Å². The molecule has 0 aliphatic carbocycles. The van der Waals surface area contributed by atoms with E-state index in [1.807, 2.05) is 47.1 Å². The highest BCUT2D eigenvalue weighted by atomic mass is 35.5. The summed E-state index contributed by atoms with van der Waals surface area (Å²) < 4.78 is 15.3. The van der Waals surface area contributed by atoms with Gasteiger partial charge in [0, 0.05) is 17.5 Å². The third-order valence-electron chi connectivity index (χ3n) is 5.61. The number of hydrogen-bond acceptors (Lipinski definition) is 6. The van der Waals surface area contributed by atoms with Gasteiger partial charge in [0.1, 0.15) is 30.4 Å². The predicted molar refractivity (Wildman–Crippen MR) is 115 cm³/mol. The molecule has 0 saturated heterocycles. The smallest absolute Gasteiger partial charge is 0.238 e. The predicted octanol–water partition coefficient (Wildman–Crippen LogP) is 3.54. The van der Waals surface area contributed by atoms with Crippen LogP contribution in [-0.2, 0) is 11.2 Å². The zero-order valence-corrected chi connectivity index (χ0v) is 17.3. The zero-order valence-electron chi connectivity index (χ0n) is 16.6. The molecule has 4 heterocycles. The minimum atomic E-state index is -0.0841. The lowest BCUT2D eigenvalue weighted by atomic mass is 10.1. The van der Waals surface area contributed by atoms with Crippen LogP contribution < -0.4 is 4.74 Å². The molecule has 6 rings (SSSR count). The summed E-state index contributed by atoms with van der Waals surface area (Å²) in [5.74, 6) is 1.29. The Morgan fingerprint density at radius 3 is 2.84 bits per heavy atom. The van der Waals surface area contributed by atoms with Crippen molar-refractivity contribution in [1.29, 1.82) is 0 Å². The van der Waals surface area contributed by atoms with Crippen LogP contribution in [0.5, 0.6) is 5.75 Å². The highest BCUT2D eigenvalue weighted by Gasteiger charge is 2.29. The second-order valence-electron chi connectivity index (χ2n) is 7.39. The lowest BCUT2D eigenvalue weighted by Gasteiger charge is -2.11. The summed E-state index contributed by atoms with van der Waals surface area (Å²) in [6, 6.07) is 13.5. The van der Waals surface area contributed by atoms with Gasteiger partial charge in [-0.3, -0.25) is 4.57 Å². The van der Waals surface area contributed by atoms with Crippen molar-refractivity contribution in [3.05, 3.63) is 82.7 Å². The number of methoxy groups -OCH3 is 1. The maximum absolute atomic E-state index is 6.02. The van der Waals surface area contributed by atoms with Crippen LogP contribution in [-0.4, -0.2) is 44.2 Å². The van der Waals surface area contributed by atoms with E-state index in [1.165, 1.54) is 0 Å². The largest absolute Gasteiger partial charge is 0.497 e. The molecule has 9 heteroatoms. The van der Waals surface area contributed by atoms with E-state index < -0.39 is 0 Å². The topological polar surface area (TPSA) is 79.3 Å². The molecule has 0 N–H and O–H groups in total. The van der Waals surface area contributed by atoms with Crippen molar-refractivity contribution >= 4 is 17.5 Å². The van der Waals surface area contributed by atoms with Gasteiger partial charge in [0.05, 0.1) is 36.1 Å². The number of fused-ring (bicyclic) bond motifs is 5. The van der Waals surface area contributed by atoms with E-state index in [0.29, 0.717) is 23.9 Å². The molecule has 2 aliphatic heterocycles. The number of ether oxygens (including phenoxy) is 2. The number of aromatic nitrogens is 5. The molecule has 154 valence electrons. The fourth-order valence-corrected chi connectivity index (χ4v) is 4.17. The van der Waals surface area contributed by atoms with Crippen LogP contribution in [0.2, 0.25) is 5.02 Å². The van der Waals surface area contributed by atoms with Gasteiger partial charge in [-0.2, -0.15) is 0 Å². The Morgan fingerprint density at radius 2 is 2.00 bits per heavy atom. The molecule has 2 aromatic carbocycles. The van der Waals surface area contributed by atoms with E-state index in [4.69, 9.17) is 26.1 Å². The molecule has 2 aromatic heterocycles. The van der Waals surface area contributed by atoms with E-state index in [1.54, 1.807) is 19.6 Å². The van der Waals surface area contributed by atoms with Crippen LogP contribution in [0.1, 0.15) is 28.7 Å². The minimum absolute atomic E-state index is 0.0841. The summed E-state index contributed by atoms with van der Waals surface area (Å²) >= 11 is 6.02. The fraction of sp³-hybridized carbons (Fsp3) is 0.182. The van der Waals surface area contributed by atoms with Gasteiger partial charge in [-0.15, -0.1) is 5.10 Å². The third kappa shape index (κ3) is 2.90. The van der Waals surface area contributed by atoms with Gasteiger partial charge in [-0.05, 0) is 29.8 Å². The molecule has 0 unspecified atom stereocenters. The van der Waals surface area contributed by atoms with Gasteiger partial charge in [0.25, 0.3) is 0 Å². The average Bonchev–Trinajstić information content (AvgIpc) is 3.53. The molecule has 0 fully saturated rings. The Hall–Kier alpha value is -3.65. The summed E-state index contributed by atoms with van der Waals surface area (Å²) in [4.78, 5) is 9.48. The molecule has 0 bridgehead atoms. The SMILES string of the molecule is COc1ccc2c(c1)-n1nncc1Cc1c(C3=N[C@@H](c4ccc(Cl)cc4)CO3)ncn1-2. The minimum Gasteiger partial charge on any atom is -0.497 e. The highest BCUT2D eigenvalue weighted by molar-refractivity contribution is 6.30. The number of rotatable bonds is 3. The zero-order chi connectivity index (χ0) is 20.9. The van der Waals surface area contributed by atoms with Crippen molar-refractivity contribution in [2.75, 3.05) is 13.7 Å². The Balaban J connectivity index is 1.45. The average molecular weight is 433 g/mol. The Morgan fingerprint density at radius 1 is 1.13 bits per heavy atom. The molecule has 2 aliphatic rings. The molecule has 0 radical (unpaired) electrons. The van der Waals surface area contributed by atoms with Crippen molar-refractivity contribution in [3.63, 3.8) is 0 Å². The number of nitrogens with zero attached hydrogens (tertiary/aromatic N) is 6. The first kappa shape index (κ1) is 18.1. The van der Waals surface area contributed by atoms with Gasteiger partial charge in [0.2, 0.25) is 5.90 Å². The monoisotopic (exact) mass is 432 g/mol. The van der Waals surface area contributed by atoms with E-state index in [-0.39, 0.29) is 6.04 Å². The lowest BCUT2D eigenvalue weighted by Crippen LogP contribution is -2.08. The molecule has 0 saturated carbocycles. The number of imidazole rings is 1. The number of halogens is 1. The number of aliphatic imine (C=N–C) groups is 1. The first-order valence-electron chi connectivity index (χ1n) is 9.82. The van der Waals surface area contributed by atoms with Gasteiger partial charge in [0.15, 0.2) is 0 Å². The molecular formula is C22H17ClN6O2. The molecule has 0 amide bonds. The molecular weight excluding hydrogens is 416 g/mol. The first-order valence-corrected chi connectivity index (χ1v) is 10.2. The normalized spacial score (nSPS) is 16.6. The maximum atomic E-state index is 6.02. The summed E-state index contributed by atoms with van der Waals surface area (Å²) in [6.45, 7) is 0.469. The Labute approximate surface area is 182 Å². The lowest BCUT2D eigenvalue weighted by molar-refractivity contribution is 0.319. The maximum Gasteiger partial charge on any atom is 0.238 e. The van der Waals surface area contributed by atoms with Gasteiger partial charge in [-0.1, -0.05) is 28.9 Å². The van der Waals surface area contributed by atoms with Crippen LogP contribution in [0, 0.1) is 0 Å². The molecule has 0 spiro atoms. The van der Waals surface area contributed by atoms with Gasteiger partial charge >= 0.3 is 0 Å². The summed E-state index contributed by atoms with van der Waals surface area (Å²) in [6.07, 6.45) is 4.16. The van der Waals surface area contributed by atoms with Crippen LogP contribution in [0.3, 0.4) is 0 Å². The highest BCUT2D eigenvalue weighted by Crippen LogP contribution is 2.33. The first-order chi connectivity index (χ1) is 15.2. The van der Waals surface area contributed by atoms with Crippen LogP contribution in [0.25, 0.3) is 11.4 Å². The van der Waals surface area contributed by atoms with Crippen LogP contribution in [0.15, 0.2) is 60.0 Å². The summed E-state index contributed by atoms with van der Waals surface area (Å²) in [5.41, 5.74) is 5.53.